The number of carbonyl (C=O) groups excluding carboxylic acids is 1. The van der Waals surface area contributed by atoms with Crippen molar-refractivity contribution < 1.29 is 4.79 Å². The van der Waals surface area contributed by atoms with Crippen molar-refractivity contribution in [2.75, 3.05) is 0 Å². The quantitative estimate of drug-likeness (QED) is 0.357. The van der Waals surface area contributed by atoms with Gasteiger partial charge in [0, 0.05) is 41.0 Å². The standard InChI is InChI=1S/C28H22ClN5O/c29-23-13-17(3-7-22(23)26(35)33-21-5-6-21)19-14-31-27-32-15-25(34(27)16-19)28(9-10-28)20-4-8-24-18(12-20)2-1-11-30-24/h1-4,7-8,11-16,21H,5-6,9-10H2,(H,33,35). The number of imidazole rings is 1. The molecule has 0 aliphatic heterocycles. The van der Waals surface area contributed by atoms with Crippen molar-refractivity contribution in [3.05, 3.63) is 95.2 Å². The number of halogens is 1. The Morgan fingerprint density at radius 1 is 1.00 bits per heavy atom. The first-order valence-corrected chi connectivity index (χ1v) is 12.3. The van der Waals surface area contributed by atoms with Gasteiger partial charge in [0.2, 0.25) is 5.78 Å². The van der Waals surface area contributed by atoms with E-state index in [1.54, 1.807) is 6.07 Å². The van der Waals surface area contributed by atoms with Crippen molar-refractivity contribution in [3.8, 4) is 11.1 Å². The molecular formula is C28H22ClN5O. The van der Waals surface area contributed by atoms with Crippen molar-refractivity contribution in [3.63, 3.8) is 0 Å². The van der Waals surface area contributed by atoms with Gasteiger partial charge in [-0.1, -0.05) is 29.8 Å². The molecule has 3 aromatic heterocycles. The maximum Gasteiger partial charge on any atom is 0.253 e. The monoisotopic (exact) mass is 479 g/mol. The zero-order valence-electron chi connectivity index (χ0n) is 18.9. The molecule has 0 atom stereocenters. The average molecular weight is 480 g/mol. The molecule has 35 heavy (non-hydrogen) atoms. The Morgan fingerprint density at radius 3 is 2.66 bits per heavy atom. The zero-order chi connectivity index (χ0) is 23.6. The van der Waals surface area contributed by atoms with Gasteiger partial charge in [-0.05, 0) is 67.1 Å². The van der Waals surface area contributed by atoms with Gasteiger partial charge in [0.05, 0.1) is 28.0 Å². The number of benzene rings is 2. The summed E-state index contributed by atoms with van der Waals surface area (Å²) in [6.45, 7) is 0. The van der Waals surface area contributed by atoms with Crippen LogP contribution in [0.15, 0.2) is 73.3 Å². The summed E-state index contributed by atoms with van der Waals surface area (Å²) in [4.78, 5) is 26.1. The van der Waals surface area contributed by atoms with Crippen LogP contribution in [0.1, 0.15) is 47.3 Å². The molecule has 0 radical (unpaired) electrons. The van der Waals surface area contributed by atoms with Crippen LogP contribution < -0.4 is 5.32 Å². The van der Waals surface area contributed by atoms with E-state index in [0.717, 1.165) is 53.4 Å². The van der Waals surface area contributed by atoms with Crippen LogP contribution in [0.4, 0.5) is 0 Å². The molecule has 0 unspecified atom stereocenters. The number of nitrogens with zero attached hydrogens (tertiary/aromatic N) is 4. The molecule has 0 spiro atoms. The lowest BCUT2D eigenvalue weighted by molar-refractivity contribution is 0.0951. The number of fused-ring (bicyclic) bond motifs is 2. The summed E-state index contributed by atoms with van der Waals surface area (Å²) in [7, 11) is 0. The van der Waals surface area contributed by atoms with Crippen molar-refractivity contribution in [1.29, 1.82) is 0 Å². The minimum Gasteiger partial charge on any atom is -0.349 e. The highest BCUT2D eigenvalue weighted by atomic mass is 35.5. The Morgan fingerprint density at radius 2 is 1.86 bits per heavy atom. The smallest absolute Gasteiger partial charge is 0.253 e. The van der Waals surface area contributed by atoms with Crippen LogP contribution in [-0.4, -0.2) is 31.3 Å². The Labute approximate surface area is 207 Å². The molecule has 5 aromatic rings. The first-order chi connectivity index (χ1) is 17.1. The fraction of sp³-hybridized carbons (Fsp3) is 0.214. The number of nitrogens with one attached hydrogen (secondary N) is 1. The fourth-order valence-corrected chi connectivity index (χ4v) is 5.20. The molecule has 7 heteroatoms. The third-order valence-electron chi connectivity index (χ3n) is 7.22. The first kappa shape index (κ1) is 20.6. The van der Waals surface area contributed by atoms with E-state index in [2.05, 4.69) is 55.1 Å². The summed E-state index contributed by atoms with van der Waals surface area (Å²) in [6, 6.07) is 16.5. The third kappa shape index (κ3) is 3.48. The molecule has 3 heterocycles. The number of aromatic nitrogens is 4. The number of rotatable bonds is 5. The van der Waals surface area contributed by atoms with Gasteiger partial charge in [-0.15, -0.1) is 0 Å². The summed E-state index contributed by atoms with van der Waals surface area (Å²) in [5.41, 5.74) is 5.67. The molecule has 2 fully saturated rings. The van der Waals surface area contributed by atoms with Gasteiger partial charge in [0.15, 0.2) is 0 Å². The highest BCUT2D eigenvalue weighted by molar-refractivity contribution is 6.34. The highest BCUT2D eigenvalue weighted by Crippen LogP contribution is 2.53. The van der Waals surface area contributed by atoms with E-state index < -0.39 is 0 Å². The largest absolute Gasteiger partial charge is 0.349 e. The topological polar surface area (TPSA) is 72.2 Å². The van der Waals surface area contributed by atoms with Gasteiger partial charge in [-0.3, -0.25) is 14.2 Å². The van der Waals surface area contributed by atoms with Crippen LogP contribution in [-0.2, 0) is 5.41 Å². The predicted molar refractivity (Wildman–Crippen MR) is 136 cm³/mol. The van der Waals surface area contributed by atoms with Gasteiger partial charge < -0.3 is 5.32 Å². The zero-order valence-corrected chi connectivity index (χ0v) is 19.7. The van der Waals surface area contributed by atoms with Gasteiger partial charge in [-0.25, -0.2) is 9.97 Å². The summed E-state index contributed by atoms with van der Waals surface area (Å²) in [5.74, 6) is 0.555. The lowest BCUT2D eigenvalue weighted by Gasteiger charge is -2.17. The lowest BCUT2D eigenvalue weighted by Crippen LogP contribution is -2.25. The Balaban J connectivity index is 1.27. The second-order valence-electron chi connectivity index (χ2n) is 9.59. The van der Waals surface area contributed by atoms with E-state index in [9.17, 15) is 4.79 Å². The van der Waals surface area contributed by atoms with Crippen molar-refractivity contribution in [2.45, 2.75) is 37.1 Å². The molecule has 2 aliphatic rings. The van der Waals surface area contributed by atoms with Crippen LogP contribution >= 0.6 is 11.6 Å². The molecule has 0 saturated heterocycles. The van der Waals surface area contributed by atoms with E-state index >= 15 is 0 Å². The second kappa shape index (κ2) is 7.62. The number of carbonyl (C=O) groups is 1. The van der Waals surface area contributed by atoms with Crippen LogP contribution in [0.5, 0.6) is 0 Å². The van der Waals surface area contributed by atoms with E-state index in [0.29, 0.717) is 16.4 Å². The normalized spacial score (nSPS) is 16.5. The number of hydrogen-bond donors (Lipinski definition) is 1. The number of pyridine rings is 1. The van der Waals surface area contributed by atoms with Gasteiger partial charge >= 0.3 is 0 Å². The van der Waals surface area contributed by atoms with Crippen molar-refractivity contribution >= 4 is 34.2 Å². The predicted octanol–water partition coefficient (Wildman–Crippen LogP) is 5.57. The maximum absolute atomic E-state index is 12.5. The Kier molecular flexibility index (Phi) is 4.48. The van der Waals surface area contributed by atoms with E-state index in [-0.39, 0.29) is 17.4 Å². The molecule has 2 aromatic carbocycles. The van der Waals surface area contributed by atoms with E-state index in [1.165, 1.54) is 5.56 Å². The van der Waals surface area contributed by atoms with Gasteiger partial charge in [0.25, 0.3) is 5.91 Å². The van der Waals surface area contributed by atoms with E-state index in [4.69, 9.17) is 11.6 Å². The SMILES string of the molecule is O=C(NC1CC1)c1ccc(-c2cnc3ncc(C4(c5ccc6ncccc6c5)CC4)n3c2)cc1Cl. The first-order valence-electron chi connectivity index (χ1n) is 11.9. The summed E-state index contributed by atoms with van der Waals surface area (Å²) in [5, 5.41) is 4.58. The van der Waals surface area contributed by atoms with Gasteiger partial charge in [0.1, 0.15) is 0 Å². The minimum atomic E-state index is -0.115. The molecule has 7 rings (SSSR count). The molecule has 172 valence electrons. The number of amides is 1. The molecule has 1 N–H and O–H groups in total. The summed E-state index contributed by atoms with van der Waals surface area (Å²) in [6.07, 6.45) is 11.9. The number of hydrogen-bond acceptors (Lipinski definition) is 4. The average Bonchev–Trinajstić information content (AvgIpc) is 3.82. The van der Waals surface area contributed by atoms with Crippen LogP contribution in [0.25, 0.3) is 27.8 Å². The molecule has 2 saturated carbocycles. The van der Waals surface area contributed by atoms with Crippen LogP contribution in [0.2, 0.25) is 5.02 Å². The van der Waals surface area contributed by atoms with E-state index in [1.807, 2.05) is 36.8 Å². The summed E-state index contributed by atoms with van der Waals surface area (Å²) >= 11 is 6.51. The van der Waals surface area contributed by atoms with Gasteiger partial charge in [-0.2, -0.15) is 0 Å². The molecular weight excluding hydrogens is 458 g/mol. The van der Waals surface area contributed by atoms with Crippen molar-refractivity contribution in [1.82, 2.24) is 24.7 Å². The molecule has 6 nitrogen and oxygen atoms in total. The summed E-state index contributed by atoms with van der Waals surface area (Å²) < 4.78 is 2.09. The highest BCUT2D eigenvalue weighted by Gasteiger charge is 2.48. The molecule has 1 amide bonds. The van der Waals surface area contributed by atoms with Crippen molar-refractivity contribution in [2.24, 2.45) is 0 Å². The fourth-order valence-electron chi connectivity index (χ4n) is 4.94. The Hall–Kier alpha value is -3.77. The lowest BCUT2D eigenvalue weighted by atomic mass is 9.91. The molecule has 0 bridgehead atoms. The third-order valence-corrected chi connectivity index (χ3v) is 7.53. The molecule has 2 aliphatic carbocycles. The maximum atomic E-state index is 12.5. The Bertz CT molecular complexity index is 1630. The van der Waals surface area contributed by atoms with Crippen LogP contribution in [0.3, 0.4) is 0 Å². The second-order valence-corrected chi connectivity index (χ2v) is 10.00. The van der Waals surface area contributed by atoms with Crippen LogP contribution in [0, 0.1) is 0 Å². The minimum absolute atomic E-state index is 0.0772.